The molecular formula is C18H16Cl2N4O3. The highest BCUT2D eigenvalue weighted by atomic mass is 35.5. The molecule has 0 radical (unpaired) electrons. The minimum Gasteiger partial charge on any atom is -0.479 e. The maximum atomic E-state index is 11.3. The van der Waals surface area contributed by atoms with Gasteiger partial charge in [0.1, 0.15) is 5.82 Å². The lowest BCUT2D eigenvalue weighted by molar-refractivity contribution is -0.147. The second-order valence-corrected chi connectivity index (χ2v) is 7.20. The van der Waals surface area contributed by atoms with E-state index in [9.17, 15) is 15.0 Å². The van der Waals surface area contributed by atoms with E-state index in [1.54, 1.807) is 24.8 Å². The van der Waals surface area contributed by atoms with Crippen LogP contribution < -0.4 is 4.90 Å². The Hall–Kier alpha value is -2.35. The average molecular weight is 407 g/mol. The highest BCUT2D eigenvalue weighted by molar-refractivity contribution is 6.45. The molecule has 2 N–H and O–H groups in total. The van der Waals surface area contributed by atoms with Gasteiger partial charge in [0.25, 0.3) is 0 Å². The van der Waals surface area contributed by atoms with Gasteiger partial charge in [0, 0.05) is 30.4 Å². The van der Waals surface area contributed by atoms with Crippen LogP contribution in [0, 0.1) is 0 Å². The van der Waals surface area contributed by atoms with Crippen LogP contribution in [0.3, 0.4) is 0 Å². The third-order valence-electron chi connectivity index (χ3n) is 4.83. The van der Waals surface area contributed by atoms with Crippen molar-refractivity contribution in [1.29, 1.82) is 0 Å². The van der Waals surface area contributed by atoms with Gasteiger partial charge >= 0.3 is 5.97 Å². The Labute approximate surface area is 164 Å². The molecule has 0 amide bonds. The third kappa shape index (κ3) is 3.12. The second-order valence-electron chi connectivity index (χ2n) is 6.41. The zero-order valence-electron chi connectivity index (χ0n) is 14.1. The van der Waals surface area contributed by atoms with Crippen LogP contribution in [0.5, 0.6) is 0 Å². The van der Waals surface area contributed by atoms with Crippen LogP contribution in [0.4, 0.5) is 5.82 Å². The van der Waals surface area contributed by atoms with Gasteiger partial charge in [-0.2, -0.15) is 0 Å². The molecule has 1 saturated heterocycles. The number of nitrogens with zero attached hydrogens (tertiary/aromatic N) is 4. The number of aliphatic hydroxyl groups excluding tert-OH is 1. The van der Waals surface area contributed by atoms with E-state index in [2.05, 4.69) is 9.97 Å². The molecule has 3 aromatic rings. The molecule has 9 heteroatoms. The van der Waals surface area contributed by atoms with E-state index in [0.29, 0.717) is 34.3 Å². The number of rotatable bonds is 4. The first-order valence-corrected chi connectivity index (χ1v) is 9.17. The van der Waals surface area contributed by atoms with Crippen LogP contribution in [-0.4, -0.2) is 49.4 Å². The van der Waals surface area contributed by atoms with Crippen LogP contribution in [0.1, 0.15) is 12.8 Å². The highest BCUT2D eigenvalue weighted by Crippen LogP contribution is 2.36. The predicted molar refractivity (Wildman–Crippen MR) is 103 cm³/mol. The van der Waals surface area contributed by atoms with Gasteiger partial charge in [-0.15, -0.1) is 0 Å². The van der Waals surface area contributed by atoms with Gasteiger partial charge in [-0.05, 0) is 25.0 Å². The Morgan fingerprint density at radius 3 is 2.85 bits per heavy atom. The smallest absolute Gasteiger partial charge is 0.334 e. The van der Waals surface area contributed by atoms with Crippen molar-refractivity contribution in [3.63, 3.8) is 0 Å². The molecule has 140 valence electrons. The average Bonchev–Trinajstić information content (AvgIpc) is 3.35. The predicted octanol–water partition coefficient (Wildman–Crippen LogP) is 3.14. The number of hydrogen-bond donors (Lipinski definition) is 2. The first-order chi connectivity index (χ1) is 13.0. The Morgan fingerprint density at radius 1 is 1.33 bits per heavy atom. The Morgan fingerprint density at radius 2 is 2.15 bits per heavy atom. The van der Waals surface area contributed by atoms with Crippen molar-refractivity contribution in [2.45, 2.75) is 25.0 Å². The van der Waals surface area contributed by atoms with Crippen LogP contribution in [0.25, 0.3) is 16.6 Å². The lowest BCUT2D eigenvalue weighted by Crippen LogP contribution is -2.43. The number of carbonyl (C=O) groups is 1. The molecule has 2 atom stereocenters. The van der Waals surface area contributed by atoms with E-state index in [1.807, 2.05) is 21.6 Å². The summed E-state index contributed by atoms with van der Waals surface area (Å²) in [5.74, 6) is -0.707. The van der Waals surface area contributed by atoms with Gasteiger partial charge in [0.05, 0.1) is 33.6 Å². The minimum absolute atomic E-state index is 0.326. The van der Waals surface area contributed by atoms with Gasteiger partial charge in [0.2, 0.25) is 0 Å². The number of carboxylic acids is 1. The summed E-state index contributed by atoms with van der Waals surface area (Å²) < 4.78 is 1.83. The van der Waals surface area contributed by atoms with Crippen LogP contribution in [-0.2, 0) is 4.79 Å². The summed E-state index contributed by atoms with van der Waals surface area (Å²) in [6, 6.07) is 4.84. The molecular weight excluding hydrogens is 391 g/mol. The topological polar surface area (TPSA) is 91.5 Å². The van der Waals surface area contributed by atoms with Crippen molar-refractivity contribution in [2.24, 2.45) is 0 Å². The van der Waals surface area contributed by atoms with Crippen LogP contribution in [0.2, 0.25) is 10.0 Å². The standard InChI is InChI=1S/C18H16Cl2N4O3/c19-11-4-3-10-13(23-7-5-21-9-23)8-14(22-16(10)15(11)20)24-6-1-2-12(24)17(25)18(26)27/h3-5,7-9,12,17,25H,1-2,6H2,(H,26,27)/t12?,17-/m1/s1. The number of carboxylic acid groups (broad SMARTS) is 1. The van der Waals surface area contributed by atoms with Gasteiger partial charge in [-0.25, -0.2) is 14.8 Å². The summed E-state index contributed by atoms with van der Waals surface area (Å²) in [4.78, 5) is 21.8. The van der Waals surface area contributed by atoms with Crippen LogP contribution >= 0.6 is 23.2 Å². The monoisotopic (exact) mass is 406 g/mol. The lowest BCUT2D eigenvalue weighted by atomic mass is 10.1. The Kier molecular flexibility index (Phi) is 4.67. The second kappa shape index (κ2) is 6.99. The fourth-order valence-corrected chi connectivity index (χ4v) is 3.89. The van der Waals surface area contributed by atoms with Crippen molar-refractivity contribution in [2.75, 3.05) is 11.4 Å². The maximum Gasteiger partial charge on any atom is 0.334 e. The third-order valence-corrected chi connectivity index (χ3v) is 5.63. The number of aliphatic hydroxyl groups is 1. The first-order valence-electron chi connectivity index (χ1n) is 8.42. The van der Waals surface area contributed by atoms with Gasteiger partial charge < -0.3 is 19.7 Å². The summed E-state index contributed by atoms with van der Waals surface area (Å²) in [6.45, 7) is 0.592. The van der Waals surface area contributed by atoms with Crippen molar-refractivity contribution in [1.82, 2.24) is 14.5 Å². The molecule has 0 aliphatic carbocycles. The van der Waals surface area contributed by atoms with Gasteiger partial charge in [-0.3, -0.25) is 0 Å². The number of aliphatic carboxylic acids is 1. The molecule has 7 nitrogen and oxygen atoms in total. The molecule has 0 saturated carbocycles. The van der Waals surface area contributed by atoms with Gasteiger partial charge in [-0.1, -0.05) is 23.2 Å². The molecule has 4 rings (SSSR count). The van der Waals surface area contributed by atoms with Crippen molar-refractivity contribution in [3.05, 3.63) is 47.0 Å². The Balaban J connectivity index is 1.91. The molecule has 27 heavy (non-hydrogen) atoms. The fourth-order valence-electron chi connectivity index (χ4n) is 3.53. The van der Waals surface area contributed by atoms with Crippen LogP contribution in [0.15, 0.2) is 36.9 Å². The number of pyridine rings is 1. The number of fused-ring (bicyclic) bond motifs is 1. The molecule has 3 heterocycles. The zero-order chi connectivity index (χ0) is 19.1. The van der Waals surface area contributed by atoms with E-state index < -0.39 is 18.1 Å². The summed E-state index contributed by atoms with van der Waals surface area (Å²) in [5.41, 5.74) is 1.31. The van der Waals surface area contributed by atoms with Crippen molar-refractivity contribution in [3.8, 4) is 5.69 Å². The molecule has 1 fully saturated rings. The highest BCUT2D eigenvalue weighted by Gasteiger charge is 2.36. The van der Waals surface area contributed by atoms with E-state index in [-0.39, 0.29) is 0 Å². The number of anilines is 1. The number of aromatic nitrogens is 3. The summed E-state index contributed by atoms with van der Waals surface area (Å²) in [5, 5.41) is 20.8. The minimum atomic E-state index is -1.49. The molecule has 2 aromatic heterocycles. The largest absolute Gasteiger partial charge is 0.479 e. The van der Waals surface area contributed by atoms with Crippen molar-refractivity contribution >= 4 is 45.9 Å². The van der Waals surface area contributed by atoms with E-state index in [1.165, 1.54) is 0 Å². The maximum absolute atomic E-state index is 11.3. The molecule has 1 aromatic carbocycles. The molecule has 1 unspecified atom stereocenters. The lowest BCUT2D eigenvalue weighted by Gasteiger charge is -2.28. The van der Waals surface area contributed by atoms with E-state index >= 15 is 0 Å². The zero-order valence-corrected chi connectivity index (χ0v) is 15.6. The fraction of sp³-hybridized carbons (Fsp3) is 0.278. The number of halogens is 2. The molecule has 0 bridgehead atoms. The van der Waals surface area contributed by atoms with E-state index in [0.717, 1.165) is 17.5 Å². The van der Waals surface area contributed by atoms with E-state index in [4.69, 9.17) is 23.2 Å². The molecule has 0 spiro atoms. The van der Waals surface area contributed by atoms with Crippen molar-refractivity contribution < 1.29 is 15.0 Å². The summed E-state index contributed by atoms with van der Waals surface area (Å²) >= 11 is 12.6. The number of imidazole rings is 1. The Bertz CT molecular complexity index is 1010. The SMILES string of the molecule is O=C(O)[C@H](O)C1CCCN1c1cc(-n2ccnc2)c2ccc(Cl)c(Cl)c2n1. The summed E-state index contributed by atoms with van der Waals surface area (Å²) in [7, 11) is 0. The first kappa shape index (κ1) is 18.0. The molecule has 1 aliphatic rings. The normalized spacial score (nSPS) is 18.2. The molecule has 1 aliphatic heterocycles. The summed E-state index contributed by atoms with van der Waals surface area (Å²) in [6.07, 6.45) is 4.96. The van der Waals surface area contributed by atoms with Gasteiger partial charge in [0.15, 0.2) is 6.10 Å². The quantitative estimate of drug-likeness (QED) is 0.691. The number of benzene rings is 1. The number of hydrogen-bond acceptors (Lipinski definition) is 5.